The largest absolute Gasteiger partial charge is 0.488 e. The van der Waals surface area contributed by atoms with Gasteiger partial charge in [-0.15, -0.1) is 0 Å². The van der Waals surface area contributed by atoms with Crippen LogP contribution in [0.4, 0.5) is 38.0 Å². The van der Waals surface area contributed by atoms with Gasteiger partial charge in [-0.05, 0) is 200 Å². The molecule has 15 heterocycles. The molecular formula is C108H115BCl8N22O8. The van der Waals surface area contributed by atoms with Gasteiger partial charge in [0, 0.05) is 127 Å². The summed E-state index contributed by atoms with van der Waals surface area (Å²) in [6.07, 6.45) is 12.2. The molecule has 2 amide bonds. The molecule has 6 fully saturated rings. The van der Waals surface area contributed by atoms with Crippen molar-refractivity contribution in [3.05, 3.63) is 322 Å². The number of carbonyl (C=O) groups excluding carboxylic acids is 3. The van der Waals surface area contributed by atoms with Crippen molar-refractivity contribution < 1.29 is 38.6 Å². The molecular weight excluding hydrogens is 2030 g/mol. The summed E-state index contributed by atoms with van der Waals surface area (Å²) < 4.78 is 15.1. The molecule has 17 aromatic rings. The quantitative estimate of drug-likeness (QED) is 0.0235. The Hall–Kier alpha value is -13.0. The van der Waals surface area contributed by atoms with Crippen molar-refractivity contribution in [2.24, 2.45) is 0 Å². The molecule has 0 spiro atoms. The van der Waals surface area contributed by atoms with Crippen molar-refractivity contribution in [3.8, 4) is 11.1 Å². The first-order valence-electron chi connectivity index (χ1n) is 47.8. The van der Waals surface area contributed by atoms with Gasteiger partial charge in [-0.3, -0.25) is 24.7 Å². The minimum Gasteiger partial charge on any atom is -0.461 e. The standard InChI is InChI=1S/C22H19ClN4.2C16H14Cl2N4.C16H21N3O2.C11H13N3.C9H15NO4.C7H10N2.C6H7BO2.C5H2Cl3N/c1-14-7-8-19-20(9-14)26-22(25-19)16-12-27(13-16)21-17(10-24-11-18(21)23)15-5-3-2-4-6-15;2*1-9-2-3-13-14(4-9)21-16(20-13)10-7-22(8-10)15-11(17)5-19-6-12(15)18;1-10-5-6-12-13(7-10)18-14(17-12)11-8-19(9-11)15(20)21-16(2,3)4;1-7-2-3-9-10(4-7)14-11(13-9)8-5-12-6-8;1-9(2,3)14-8(12)10-4-7(5-10)13-6-11;1-5-2-3-6(8)7(9)4-5;8-7(9)6-4-2-1-3-5-6;6-3-1-9-2-4(7)5(3)8/h2-11,16H,12-13H2,1H3,(H,25,26);2*2-6,10H,7-8H2,1H3,(H,20,21);5-7,11H,8-9H2,1-4H3,(H,17,18);2-4,8,12H,5-6H2,1H3,(H,13,14);6-7H,4-5H2,1-3H3;2-4H,8-9H2,1H3;1-5,8-9H;1-2H. The molecule has 147 heavy (non-hydrogen) atoms. The summed E-state index contributed by atoms with van der Waals surface area (Å²) in [7, 11) is -1.34. The van der Waals surface area contributed by atoms with Gasteiger partial charge >= 0.3 is 19.3 Å². The highest BCUT2D eigenvalue weighted by Gasteiger charge is 2.40. The van der Waals surface area contributed by atoms with Gasteiger partial charge in [0.1, 0.15) is 46.4 Å². The molecule has 764 valence electrons. The molecule has 0 radical (unpaired) electrons. The van der Waals surface area contributed by atoms with E-state index in [1.807, 2.05) is 103 Å². The fraction of sp³-hybridized carbons (Fsp3) is 0.296. The third kappa shape index (κ3) is 28.3. The average molecular weight is 2140 g/mol. The Morgan fingerprint density at radius 3 is 0.980 bits per heavy atom. The fourth-order valence-corrected chi connectivity index (χ4v) is 18.5. The summed E-state index contributed by atoms with van der Waals surface area (Å²) in [6, 6.07) is 55.9. The normalized spacial score (nSPS) is 14.6. The number of nitrogen functional groups attached to an aromatic ring is 2. The highest BCUT2D eigenvalue weighted by molar-refractivity contribution is 6.58. The molecule has 0 bridgehead atoms. The van der Waals surface area contributed by atoms with Crippen molar-refractivity contribution in [1.29, 1.82) is 0 Å². The number of benzene rings is 8. The van der Waals surface area contributed by atoms with Crippen LogP contribution in [-0.4, -0.2) is 211 Å². The number of amides is 2. The van der Waals surface area contributed by atoms with Gasteiger partial charge in [0.25, 0.3) is 6.47 Å². The van der Waals surface area contributed by atoms with Gasteiger partial charge in [0.05, 0.1) is 161 Å². The Morgan fingerprint density at radius 1 is 0.374 bits per heavy atom. The van der Waals surface area contributed by atoms with Gasteiger partial charge in [-0.1, -0.05) is 190 Å². The number of fused-ring (bicyclic) bond motifs is 5. The summed E-state index contributed by atoms with van der Waals surface area (Å²) in [5.41, 5.74) is 34.8. The second kappa shape index (κ2) is 48.3. The van der Waals surface area contributed by atoms with E-state index in [1.54, 1.807) is 60.1 Å². The van der Waals surface area contributed by atoms with E-state index in [9.17, 15) is 14.4 Å². The second-order valence-corrected chi connectivity index (χ2v) is 42.0. The maximum Gasteiger partial charge on any atom is 0.488 e. The molecule has 8 aromatic carbocycles. The molecule has 39 heteroatoms. The second-order valence-electron chi connectivity index (χ2n) is 38.8. The Balaban J connectivity index is 0.000000127. The number of hydrogen-bond donors (Lipinski definition) is 10. The molecule has 6 saturated heterocycles. The number of imidazole rings is 5. The van der Waals surface area contributed by atoms with Crippen LogP contribution in [0, 0.1) is 41.5 Å². The summed E-state index contributed by atoms with van der Waals surface area (Å²) in [5, 5.41) is 24.6. The number of aromatic amines is 5. The van der Waals surface area contributed by atoms with Crippen molar-refractivity contribution in [1.82, 2.24) is 84.9 Å². The summed E-state index contributed by atoms with van der Waals surface area (Å²) in [4.78, 5) is 99.5. The van der Waals surface area contributed by atoms with E-state index in [4.69, 9.17) is 129 Å². The lowest BCUT2D eigenvalue weighted by molar-refractivity contribution is -0.141. The zero-order valence-electron chi connectivity index (χ0n) is 83.2. The van der Waals surface area contributed by atoms with Gasteiger partial charge in [-0.2, -0.15) is 0 Å². The number of anilines is 5. The summed E-state index contributed by atoms with van der Waals surface area (Å²) in [6.45, 7) is 33.3. The number of hydrogen-bond acceptors (Lipinski definition) is 23. The molecule has 0 unspecified atom stereocenters. The number of nitrogens with two attached hydrogens (primary N) is 2. The number of nitrogens with one attached hydrogen (secondary N) is 6. The number of nitrogens with zero attached hydrogens (tertiary/aromatic N) is 14. The van der Waals surface area contributed by atoms with E-state index < -0.39 is 18.3 Å². The number of pyridine rings is 4. The molecule has 23 rings (SSSR count). The number of H-pyrrole nitrogens is 5. The lowest BCUT2D eigenvalue weighted by Gasteiger charge is -2.41. The number of aryl methyl sites for hydroxylation is 6. The van der Waals surface area contributed by atoms with E-state index in [0.717, 1.165) is 170 Å². The molecule has 9 aromatic heterocycles. The zero-order chi connectivity index (χ0) is 105. The molecule has 6 aliphatic rings. The first kappa shape index (κ1) is 108. The number of rotatable bonds is 12. The van der Waals surface area contributed by atoms with Crippen molar-refractivity contribution in [2.45, 2.75) is 130 Å². The van der Waals surface area contributed by atoms with Crippen LogP contribution < -0.4 is 36.9 Å². The van der Waals surface area contributed by atoms with Gasteiger partial charge in [-0.25, -0.2) is 34.5 Å². The molecule has 6 aliphatic heterocycles. The van der Waals surface area contributed by atoms with Crippen LogP contribution >= 0.6 is 92.8 Å². The predicted octanol–water partition coefficient (Wildman–Crippen LogP) is 22.7. The maximum atomic E-state index is 11.9. The van der Waals surface area contributed by atoms with Crippen LogP contribution in [-0.2, 0) is 19.0 Å². The monoisotopic (exact) mass is 2140 g/mol. The average Bonchev–Trinajstić information content (AvgIpc) is 1.51. The van der Waals surface area contributed by atoms with E-state index in [-0.39, 0.29) is 24.2 Å². The van der Waals surface area contributed by atoms with Crippen LogP contribution in [0.15, 0.2) is 219 Å². The van der Waals surface area contributed by atoms with Crippen molar-refractivity contribution in [2.75, 3.05) is 105 Å². The third-order valence-corrected chi connectivity index (χ3v) is 27.2. The van der Waals surface area contributed by atoms with Gasteiger partial charge in [0.15, 0.2) is 0 Å². The van der Waals surface area contributed by atoms with Gasteiger partial charge < -0.3 is 90.5 Å². The van der Waals surface area contributed by atoms with Crippen LogP contribution in [0.2, 0.25) is 40.2 Å². The van der Waals surface area contributed by atoms with Crippen LogP contribution in [0.3, 0.4) is 0 Å². The maximum absolute atomic E-state index is 11.9. The first-order chi connectivity index (χ1) is 70.2. The molecule has 0 saturated carbocycles. The highest BCUT2D eigenvalue weighted by Crippen LogP contribution is 2.45. The Kier molecular flexibility index (Phi) is 35.6. The number of carbonyl (C=O) groups is 3. The van der Waals surface area contributed by atoms with E-state index in [2.05, 4.69) is 221 Å². The fourth-order valence-electron chi connectivity index (χ4n) is 16.6. The number of ether oxygens (including phenoxy) is 3. The van der Waals surface area contributed by atoms with Crippen LogP contribution in [0.1, 0.15) is 134 Å². The van der Waals surface area contributed by atoms with E-state index in [0.29, 0.717) is 113 Å². The highest BCUT2D eigenvalue weighted by atomic mass is 35.5. The number of aromatic nitrogens is 14. The summed E-state index contributed by atoms with van der Waals surface area (Å²) in [5.74, 6) is 7.16. The Bertz CT molecular complexity index is 7240. The summed E-state index contributed by atoms with van der Waals surface area (Å²) >= 11 is 48.0. The SMILES string of the molecule is CC(C)(C)OC(=O)N1CC(OC=O)C1.Cc1ccc(N)c(N)c1.Cc1ccc2nc(C3CN(C(=O)OC(C)(C)C)C3)[nH]c2c1.Cc1ccc2nc(C3CN(c4c(Cl)cncc4-c4ccccc4)C3)[nH]c2c1.Cc1ccc2nc(C3CN(c4c(Cl)cncc4Cl)C3)[nH]c2c1.Cc1ccc2nc(C3CN(c4c(Cl)cncc4Cl)C3)[nH]c2c1.Cc1ccc2nc(C3CNC3)[nH]c2c1.Clc1cncc(Cl)c1Cl.OB(O)c1ccccc1. The van der Waals surface area contributed by atoms with Gasteiger partial charge in [0.2, 0.25) is 0 Å². The smallest absolute Gasteiger partial charge is 0.461 e. The zero-order valence-corrected chi connectivity index (χ0v) is 89.2. The van der Waals surface area contributed by atoms with Crippen LogP contribution in [0.5, 0.6) is 0 Å². The number of likely N-dealkylation sites (tertiary alicyclic amines) is 2. The van der Waals surface area contributed by atoms with Crippen molar-refractivity contribution >= 4 is 208 Å². The lowest BCUT2D eigenvalue weighted by atomic mass is 9.81. The molecule has 12 N–H and O–H groups in total. The Labute approximate surface area is 892 Å². The van der Waals surface area contributed by atoms with E-state index >= 15 is 0 Å². The predicted molar refractivity (Wildman–Crippen MR) is 593 cm³/mol. The minimum absolute atomic E-state index is 0.167. The Morgan fingerprint density at radius 2 is 0.673 bits per heavy atom. The molecule has 0 atom stereocenters. The topological polar surface area (TPSA) is 395 Å². The first-order valence-corrected chi connectivity index (χ1v) is 50.8. The van der Waals surface area contributed by atoms with E-state index in [1.165, 1.54) is 45.1 Å². The van der Waals surface area contributed by atoms with Crippen LogP contribution in [0.25, 0.3) is 66.3 Å². The lowest BCUT2D eigenvalue weighted by Crippen LogP contribution is -2.55. The van der Waals surface area contributed by atoms with Crippen molar-refractivity contribution in [3.63, 3.8) is 0 Å². The molecule has 30 nitrogen and oxygen atoms in total. The third-order valence-electron chi connectivity index (χ3n) is 24.6. The molecule has 0 aliphatic carbocycles. The number of halogens is 8. The minimum atomic E-state index is -1.34.